The van der Waals surface area contributed by atoms with Crippen molar-refractivity contribution in [1.82, 2.24) is 15.4 Å². The predicted molar refractivity (Wildman–Crippen MR) is 106 cm³/mol. The Morgan fingerprint density at radius 2 is 1.86 bits per heavy atom. The van der Waals surface area contributed by atoms with E-state index < -0.39 is 10.0 Å². The van der Waals surface area contributed by atoms with Gasteiger partial charge < -0.3 is 15.4 Å². The molecule has 0 spiro atoms. The average Bonchev–Trinajstić information content (AvgIpc) is 3.24. The molecule has 0 unspecified atom stereocenters. The smallest absolute Gasteiger partial charge is 0.244 e. The van der Waals surface area contributed by atoms with Crippen molar-refractivity contribution in [3.05, 3.63) is 29.8 Å². The van der Waals surface area contributed by atoms with Gasteiger partial charge in [0.2, 0.25) is 21.8 Å². The van der Waals surface area contributed by atoms with E-state index in [4.69, 9.17) is 4.74 Å². The van der Waals surface area contributed by atoms with Gasteiger partial charge in [-0.15, -0.1) is 0 Å². The van der Waals surface area contributed by atoms with Crippen molar-refractivity contribution in [3.63, 3.8) is 0 Å². The third kappa shape index (κ3) is 6.07. The molecule has 1 aromatic carbocycles. The summed E-state index contributed by atoms with van der Waals surface area (Å²) in [6.45, 7) is 0.700. The van der Waals surface area contributed by atoms with Crippen molar-refractivity contribution in [1.29, 1.82) is 0 Å². The van der Waals surface area contributed by atoms with Gasteiger partial charge >= 0.3 is 0 Å². The van der Waals surface area contributed by atoms with Crippen LogP contribution in [0.3, 0.4) is 0 Å². The number of benzene rings is 1. The van der Waals surface area contributed by atoms with E-state index in [1.54, 1.807) is 6.07 Å². The second-order valence-electron chi connectivity index (χ2n) is 6.51. The van der Waals surface area contributed by atoms with Gasteiger partial charge in [-0.25, -0.2) is 13.1 Å². The molecule has 154 valence electrons. The molecule has 1 aliphatic rings. The first-order chi connectivity index (χ1) is 13.4. The Bertz CT molecular complexity index is 830. The second kappa shape index (κ2) is 10.2. The largest absolute Gasteiger partial charge is 0.495 e. The minimum atomic E-state index is -3.68. The summed E-state index contributed by atoms with van der Waals surface area (Å²) in [5.74, 6) is 0.0467. The van der Waals surface area contributed by atoms with Crippen molar-refractivity contribution in [2.24, 2.45) is 5.92 Å². The number of amides is 2. The zero-order valence-electron chi connectivity index (χ0n) is 16.2. The van der Waals surface area contributed by atoms with Gasteiger partial charge in [0, 0.05) is 25.1 Å². The van der Waals surface area contributed by atoms with Crippen molar-refractivity contribution in [3.8, 4) is 5.75 Å². The van der Waals surface area contributed by atoms with Gasteiger partial charge in [0.25, 0.3) is 0 Å². The van der Waals surface area contributed by atoms with Crippen LogP contribution in [0.5, 0.6) is 5.75 Å². The average molecular weight is 410 g/mol. The van der Waals surface area contributed by atoms with Gasteiger partial charge in [0.1, 0.15) is 10.6 Å². The highest BCUT2D eigenvalue weighted by molar-refractivity contribution is 7.89. The second-order valence-corrected chi connectivity index (χ2v) is 8.37. The number of nitrogens with one attached hydrogen (secondary N) is 3. The van der Waals surface area contributed by atoms with E-state index in [9.17, 15) is 18.0 Å². The first-order valence-electron chi connectivity index (χ1n) is 9.22. The van der Waals surface area contributed by atoms with E-state index in [1.807, 2.05) is 0 Å². The molecule has 2 rings (SSSR count). The minimum Gasteiger partial charge on any atom is -0.495 e. The predicted octanol–water partition coefficient (Wildman–Crippen LogP) is 1.04. The van der Waals surface area contributed by atoms with E-state index in [0.717, 1.165) is 25.7 Å². The number of carbonyl (C=O) groups is 2. The molecule has 28 heavy (non-hydrogen) atoms. The molecule has 0 saturated heterocycles. The normalized spacial score (nSPS) is 14.9. The van der Waals surface area contributed by atoms with Crippen molar-refractivity contribution >= 4 is 27.9 Å². The Hall–Kier alpha value is -2.39. The molecule has 1 saturated carbocycles. The van der Waals surface area contributed by atoms with Crippen LogP contribution in [0.2, 0.25) is 0 Å². The first-order valence-corrected chi connectivity index (χ1v) is 10.7. The monoisotopic (exact) mass is 409 g/mol. The summed E-state index contributed by atoms with van der Waals surface area (Å²) in [5.41, 5.74) is 0.541. The van der Waals surface area contributed by atoms with Crippen LogP contribution < -0.4 is 20.1 Å². The molecule has 0 aromatic heterocycles. The number of hydrogen-bond donors (Lipinski definition) is 3. The molecule has 2 amide bonds. The number of hydrogen-bond acceptors (Lipinski definition) is 5. The Morgan fingerprint density at radius 1 is 1.18 bits per heavy atom. The molecule has 0 bridgehead atoms. The molecule has 1 aromatic rings. The number of carbonyl (C=O) groups excluding carboxylic acids is 2. The van der Waals surface area contributed by atoms with Crippen LogP contribution in [-0.4, -0.2) is 47.5 Å². The van der Waals surface area contributed by atoms with Gasteiger partial charge in [-0.05, 0) is 43.7 Å². The Balaban J connectivity index is 1.86. The lowest BCUT2D eigenvalue weighted by Gasteiger charge is -2.10. The zero-order valence-corrected chi connectivity index (χ0v) is 17.0. The van der Waals surface area contributed by atoms with Gasteiger partial charge in [-0.1, -0.05) is 18.9 Å². The third-order valence-corrected chi connectivity index (χ3v) is 6.06. The molecule has 3 N–H and O–H groups in total. The number of sulfonamides is 1. The van der Waals surface area contributed by atoms with Crippen molar-refractivity contribution in [2.75, 3.05) is 27.2 Å². The lowest BCUT2D eigenvalue weighted by Crippen LogP contribution is -2.36. The lowest BCUT2D eigenvalue weighted by molar-refractivity contribution is -0.125. The molecule has 0 heterocycles. The van der Waals surface area contributed by atoms with Crippen LogP contribution >= 0.6 is 0 Å². The highest BCUT2D eigenvalue weighted by atomic mass is 32.2. The highest BCUT2D eigenvalue weighted by Crippen LogP contribution is 2.25. The van der Waals surface area contributed by atoms with E-state index in [2.05, 4.69) is 15.4 Å². The summed E-state index contributed by atoms with van der Waals surface area (Å²) >= 11 is 0. The van der Waals surface area contributed by atoms with Crippen LogP contribution in [0, 0.1) is 5.92 Å². The minimum absolute atomic E-state index is 0.00492. The maximum atomic E-state index is 12.1. The van der Waals surface area contributed by atoms with E-state index >= 15 is 0 Å². The quantitative estimate of drug-likeness (QED) is 0.417. The summed E-state index contributed by atoms with van der Waals surface area (Å²) in [6, 6.07) is 4.61. The van der Waals surface area contributed by atoms with Gasteiger partial charge in [0.05, 0.1) is 7.11 Å². The molecule has 0 radical (unpaired) electrons. The fourth-order valence-corrected chi connectivity index (χ4v) is 3.98. The Morgan fingerprint density at radius 3 is 2.50 bits per heavy atom. The van der Waals surface area contributed by atoms with E-state index in [-0.39, 0.29) is 28.4 Å². The summed E-state index contributed by atoms with van der Waals surface area (Å²) in [7, 11) is -0.982. The zero-order chi connectivity index (χ0) is 20.6. The molecular formula is C19H27N3O5S. The van der Waals surface area contributed by atoms with E-state index in [0.29, 0.717) is 18.7 Å². The molecule has 1 aliphatic carbocycles. The van der Waals surface area contributed by atoms with Crippen LogP contribution in [0.25, 0.3) is 6.08 Å². The third-order valence-electron chi connectivity index (χ3n) is 4.62. The fourth-order valence-electron chi connectivity index (χ4n) is 3.05. The summed E-state index contributed by atoms with van der Waals surface area (Å²) in [4.78, 5) is 23.8. The van der Waals surface area contributed by atoms with Crippen molar-refractivity contribution in [2.45, 2.75) is 30.6 Å². The number of methoxy groups -OCH3 is 1. The number of ether oxygens (including phenoxy) is 1. The number of rotatable bonds is 9. The molecule has 0 aliphatic heterocycles. The molecule has 1 fully saturated rings. The summed E-state index contributed by atoms with van der Waals surface area (Å²) < 4.78 is 31.5. The maximum Gasteiger partial charge on any atom is 0.244 e. The van der Waals surface area contributed by atoms with Gasteiger partial charge in [0.15, 0.2) is 0 Å². The standard InChI is InChI=1S/C19H27N3O5S/c1-20-28(25,26)17-13-14(7-9-16(17)27-2)8-10-18(23)21-11-12-22-19(24)15-5-3-4-6-15/h7-10,13,15,20H,3-6,11-12H2,1-2H3,(H,21,23)(H,22,24)/b10-8+. The molecule has 9 heteroatoms. The van der Waals surface area contributed by atoms with Crippen LogP contribution in [0.15, 0.2) is 29.2 Å². The summed E-state index contributed by atoms with van der Waals surface area (Å²) in [6.07, 6.45) is 6.91. The molecule has 8 nitrogen and oxygen atoms in total. The van der Waals surface area contributed by atoms with Gasteiger partial charge in [-0.2, -0.15) is 0 Å². The Labute approximate surface area is 165 Å². The first kappa shape index (κ1) is 21.9. The molecular weight excluding hydrogens is 382 g/mol. The highest BCUT2D eigenvalue weighted by Gasteiger charge is 2.22. The van der Waals surface area contributed by atoms with Crippen LogP contribution in [0.4, 0.5) is 0 Å². The van der Waals surface area contributed by atoms with E-state index in [1.165, 1.54) is 38.4 Å². The fraction of sp³-hybridized carbons (Fsp3) is 0.474. The summed E-state index contributed by atoms with van der Waals surface area (Å²) in [5, 5.41) is 5.51. The molecule has 0 atom stereocenters. The van der Waals surface area contributed by atoms with Crippen LogP contribution in [-0.2, 0) is 19.6 Å². The maximum absolute atomic E-state index is 12.1. The lowest BCUT2D eigenvalue weighted by atomic mass is 10.1. The Kier molecular flexibility index (Phi) is 8.01. The van der Waals surface area contributed by atoms with Gasteiger partial charge in [-0.3, -0.25) is 9.59 Å². The van der Waals surface area contributed by atoms with Crippen LogP contribution in [0.1, 0.15) is 31.2 Å². The van der Waals surface area contributed by atoms with Crippen molar-refractivity contribution < 1.29 is 22.7 Å². The topological polar surface area (TPSA) is 114 Å². The SMILES string of the molecule is CNS(=O)(=O)c1cc(/C=C/C(=O)NCCNC(=O)C2CCCC2)ccc1OC.